The molecule has 0 bridgehead atoms. The van der Waals surface area contributed by atoms with Crippen LogP contribution in [-0.4, -0.2) is 19.7 Å². The van der Waals surface area contributed by atoms with Crippen LogP contribution in [0.5, 0.6) is 5.75 Å². The molecule has 0 saturated heterocycles. The predicted octanol–water partition coefficient (Wildman–Crippen LogP) is 3.76. The Morgan fingerprint density at radius 2 is 1.72 bits per heavy atom. The first-order valence-corrected chi connectivity index (χ1v) is 7.70. The van der Waals surface area contributed by atoms with Gasteiger partial charge in [-0.2, -0.15) is 13.2 Å². The summed E-state index contributed by atoms with van der Waals surface area (Å²) in [6.07, 6.45) is -3.89. The molecular formula is C18H19F3N2O2. The fourth-order valence-corrected chi connectivity index (χ4v) is 2.27. The van der Waals surface area contributed by atoms with Crippen LogP contribution in [-0.2, 0) is 19.1 Å². The van der Waals surface area contributed by atoms with Crippen molar-refractivity contribution in [2.75, 3.05) is 13.7 Å². The number of benzene rings is 2. The van der Waals surface area contributed by atoms with E-state index in [9.17, 15) is 18.0 Å². The van der Waals surface area contributed by atoms with Gasteiger partial charge in [0.05, 0.1) is 12.7 Å². The van der Waals surface area contributed by atoms with Crippen molar-refractivity contribution < 1.29 is 22.7 Å². The Morgan fingerprint density at radius 3 is 2.36 bits per heavy atom. The highest BCUT2D eigenvalue weighted by Gasteiger charge is 2.29. The van der Waals surface area contributed by atoms with Crippen LogP contribution in [0.25, 0.3) is 0 Å². The maximum atomic E-state index is 12.5. The minimum Gasteiger partial charge on any atom is -0.496 e. The Kier molecular flexibility index (Phi) is 6.27. The molecule has 0 saturated carbocycles. The Morgan fingerprint density at radius 1 is 1.04 bits per heavy atom. The average Bonchev–Trinajstić information content (AvgIpc) is 2.60. The number of carbonyl (C=O) groups is 1. The van der Waals surface area contributed by atoms with Crippen molar-refractivity contribution in [2.24, 2.45) is 0 Å². The molecule has 134 valence electrons. The van der Waals surface area contributed by atoms with Gasteiger partial charge in [-0.25, -0.2) is 4.79 Å². The molecule has 0 atom stereocenters. The minimum atomic E-state index is -4.34. The predicted molar refractivity (Wildman–Crippen MR) is 88.4 cm³/mol. The van der Waals surface area contributed by atoms with Gasteiger partial charge in [-0.1, -0.05) is 30.3 Å². The van der Waals surface area contributed by atoms with Gasteiger partial charge in [0, 0.05) is 18.7 Å². The van der Waals surface area contributed by atoms with E-state index in [2.05, 4.69) is 10.6 Å². The van der Waals surface area contributed by atoms with Crippen LogP contribution < -0.4 is 15.4 Å². The summed E-state index contributed by atoms with van der Waals surface area (Å²) in [5, 5.41) is 5.38. The van der Waals surface area contributed by atoms with E-state index in [-0.39, 0.29) is 6.03 Å². The third-order valence-electron chi connectivity index (χ3n) is 3.61. The summed E-state index contributed by atoms with van der Waals surface area (Å²) < 4.78 is 42.6. The molecule has 0 unspecified atom stereocenters. The van der Waals surface area contributed by atoms with Crippen molar-refractivity contribution in [1.82, 2.24) is 10.6 Å². The fourth-order valence-electron chi connectivity index (χ4n) is 2.27. The van der Waals surface area contributed by atoms with Crippen LogP contribution in [0.4, 0.5) is 18.0 Å². The number of methoxy groups -OCH3 is 1. The summed E-state index contributed by atoms with van der Waals surface area (Å²) in [5.41, 5.74) is 0.889. The summed E-state index contributed by atoms with van der Waals surface area (Å²) >= 11 is 0. The van der Waals surface area contributed by atoms with Gasteiger partial charge >= 0.3 is 12.2 Å². The third-order valence-corrected chi connectivity index (χ3v) is 3.61. The molecule has 4 nitrogen and oxygen atoms in total. The smallest absolute Gasteiger partial charge is 0.416 e. The summed E-state index contributed by atoms with van der Waals surface area (Å²) in [5.74, 6) is 0.688. The number of hydrogen-bond donors (Lipinski definition) is 2. The first-order valence-electron chi connectivity index (χ1n) is 7.70. The molecule has 0 aliphatic carbocycles. The lowest BCUT2D eigenvalue weighted by Crippen LogP contribution is -2.36. The number of amides is 2. The number of carbonyl (C=O) groups excluding carboxylic acids is 1. The Balaban J connectivity index is 1.75. The number of rotatable bonds is 6. The van der Waals surface area contributed by atoms with Gasteiger partial charge in [0.15, 0.2) is 0 Å². The van der Waals surface area contributed by atoms with Crippen LogP contribution in [0.1, 0.15) is 16.7 Å². The second kappa shape index (κ2) is 8.41. The molecular weight excluding hydrogens is 333 g/mol. The van der Waals surface area contributed by atoms with Crippen LogP contribution >= 0.6 is 0 Å². The summed E-state index contributed by atoms with van der Waals surface area (Å²) in [4.78, 5) is 11.8. The van der Waals surface area contributed by atoms with Gasteiger partial charge in [-0.05, 0) is 30.2 Å². The lowest BCUT2D eigenvalue weighted by Gasteiger charge is -2.11. The number of ether oxygens (including phenoxy) is 1. The zero-order valence-electron chi connectivity index (χ0n) is 13.7. The van der Waals surface area contributed by atoms with E-state index in [4.69, 9.17) is 4.74 Å². The Labute approximate surface area is 144 Å². The molecule has 0 radical (unpaired) electrons. The monoisotopic (exact) mass is 352 g/mol. The van der Waals surface area contributed by atoms with E-state index in [1.165, 1.54) is 12.1 Å². The molecule has 2 amide bonds. The van der Waals surface area contributed by atoms with Crippen molar-refractivity contribution in [3.63, 3.8) is 0 Å². The number of hydrogen-bond acceptors (Lipinski definition) is 2. The van der Waals surface area contributed by atoms with E-state index < -0.39 is 11.7 Å². The number of nitrogens with one attached hydrogen (secondary N) is 2. The molecule has 0 aromatic heterocycles. The largest absolute Gasteiger partial charge is 0.496 e. The molecule has 2 rings (SSSR count). The van der Waals surface area contributed by atoms with Gasteiger partial charge in [0.2, 0.25) is 0 Å². The number of halogens is 3. The highest BCUT2D eigenvalue weighted by molar-refractivity contribution is 5.73. The molecule has 0 aliphatic rings. The first kappa shape index (κ1) is 18.6. The molecule has 7 heteroatoms. The van der Waals surface area contributed by atoms with Gasteiger partial charge in [-0.15, -0.1) is 0 Å². The van der Waals surface area contributed by atoms with Crippen LogP contribution in [0.15, 0.2) is 48.5 Å². The second-order valence-electron chi connectivity index (χ2n) is 5.37. The molecule has 2 aromatic rings. The molecule has 0 heterocycles. The highest BCUT2D eigenvalue weighted by Crippen LogP contribution is 2.29. The zero-order chi connectivity index (χ0) is 18.3. The summed E-state index contributed by atoms with van der Waals surface area (Å²) in [6, 6.07) is 11.9. The molecule has 0 fully saturated rings. The minimum absolute atomic E-state index is 0.316. The average molecular weight is 352 g/mol. The van der Waals surface area contributed by atoms with Crippen molar-refractivity contribution >= 4 is 6.03 Å². The maximum Gasteiger partial charge on any atom is 0.416 e. The second-order valence-corrected chi connectivity index (χ2v) is 5.37. The lowest BCUT2D eigenvalue weighted by molar-refractivity contribution is -0.137. The molecule has 0 aliphatic heterocycles. The third kappa shape index (κ3) is 5.70. The van der Waals surface area contributed by atoms with Gasteiger partial charge in [0.1, 0.15) is 5.75 Å². The zero-order valence-corrected chi connectivity index (χ0v) is 13.7. The SMILES string of the molecule is COc1ccccc1CNC(=O)NCCc1ccc(C(F)(F)F)cc1. The summed E-state index contributed by atoms with van der Waals surface area (Å²) in [7, 11) is 1.56. The first-order chi connectivity index (χ1) is 11.9. The molecule has 0 spiro atoms. The summed E-state index contributed by atoms with van der Waals surface area (Å²) in [6.45, 7) is 0.638. The van der Waals surface area contributed by atoms with Gasteiger partial charge in [0.25, 0.3) is 0 Å². The van der Waals surface area contributed by atoms with Crippen molar-refractivity contribution in [1.29, 1.82) is 0 Å². The number of urea groups is 1. The normalized spacial score (nSPS) is 11.0. The molecule has 2 N–H and O–H groups in total. The van der Waals surface area contributed by atoms with E-state index in [0.29, 0.717) is 25.3 Å². The van der Waals surface area contributed by atoms with E-state index in [1.807, 2.05) is 18.2 Å². The van der Waals surface area contributed by atoms with E-state index in [1.54, 1.807) is 13.2 Å². The lowest BCUT2D eigenvalue weighted by atomic mass is 10.1. The number of alkyl halides is 3. The molecule has 2 aromatic carbocycles. The van der Waals surface area contributed by atoms with Crippen LogP contribution in [0.3, 0.4) is 0 Å². The van der Waals surface area contributed by atoms with Crippen molar-refractivity contribution in [3.8, 4) is 5.75 Å². The fraction of sp³-hybridized carbons (Fsp3) is 0.278. The van der Waals surface area contributed by atoms with Crippen LogP contribution in [0, 0.1) is 0 Å². The van der Waals surface area contributed by atoms with Crippen molar-refractivity contribution in [3.05, 3.63) is 65.2 Å². The van der Waals surface area contributed by atoms with Gasteiger partial charge < -0.3 is 15.4 Å². The quantitative estimate of drug-likeness (QED) is 0.832. The highest BCUT2D eigenvalue weighted by atomic mass is 19.4. The van der Waals surface area contributed by atoms with Gasteiger partial charge in [-0.3, -0.25) is 0 Å². The van der Waals surface area contributed by atoms with Crippen LogP contribution in [0.2, 0.25) is 0 Å². The molecule has 25 heavy (non-hydrogen) atoms. The van der Waals surface area contributed by atoms with E-state index >= 15 is 0 Å². The number of para-hydroxylation sites is 1. The topological polar surface area (TPSA) is 50.4 Å². The van der Waals surface area contributed by atoms with Crippen molar-refractivity contribution in [2.45, 2.75) is 19.1 Å². The standard InChI is InChI=1S/C18H19F3N2O2/c1-25-16-5-3-2-4-14(16)12-23-17(24)22-11-10-13-6-8-15(9-7-13)18(19,20)21/h2-9H,10-12H2,1H3,(H2,22,23,24). The van der Waals surface area contributed by atoms with E-state index in [0.717, 1.165) is 23.3 Å². The Bertz CT molecular complexity index is 700. The Hall–Kier alpha value is -2.70. The maximum absolute atomic E-state index is 12.5.